The highest BCUT2D eigenvalue weighted by molar-refractivity contribution is 5.98. The number of carbonyl (C=O) groups is 1. The Bertz CT molecular complexity index is 591. The summed E-state index contributed by atoms with van der Waals surface area (Å²) < 4.78 is 5.60. The molecule has 1 N–H and O–H groups in total. The lowest BCUT2D eigenvalue weighted by Crippen LogP contribution is -2.45. The zero-order valence-electron chi connectivity index (χ0n) is 11.1. The molecule has 1 amide bonds. The molecule has 2 aromatic rings. The fourth-order valence-corrected chi connectivity index (χ4v) is 2.51. The van der Waals surface area contributed by atoms with Gasteiger partial charge in [-0.3, -0.25) is 4.79 Å². The number of fused-ring (bicyclic) bond motifs is 1. The Morgan fingerprint density at radius 3 is 3.21 bits per heavy atom. The number of ether oxygens (including phenoxy) is 1. The van der Waals surface area contributed by atoms with Gasteiger partial charge in [-0.25, -0.2) is 0 Å². The van der Waals surface area contributed by atoms with E-state index >= 15 is 0 Å². The second-order valence-corrected chi connectivity index (χ2v) is 4.93. The van der Waals surface area contributed by atoms with E-state index in [0.717, 1.165) is 22.9 Å². The van der Waals surface area contributed by atoms with Crippen LogP contribution in [-0.4, -0.2) is 41.6 Å². The van der Waals surface area contributed by atoms with Crippen LogP contribution in [0.5, 0.6) is 0 Å². The molecule has 2 heterocycles. The number of nitrogens with one attached hydrogen (secondary N) is 1. The molecule has 1 atom stereocenters. The average Bonchev–Trinajstić information content (AvgIpc) is 2.94. The average molecular weight is 258 g/mol. The summed E-state index contributed by atoms with van der Waals surface area (Å²) in [4.78, 5) is 17.5. The van der Waals surface area contributed by atoms with Crippen molar-refractivity contribution in [1.29, 1.82) is 0 Å². The maximum absolute atomic E-state index is 12.5. The van der Waals surface area contributed by atoms with Gasteiger partial charge in [0, 0.05) is 30.4 Å². The van der Waals surface area contributed by atoms with Gasteiger partial charge < -0.3 is 14.6 Å². The summed E-state index contributed by atoms with van der Waals surface area (Å²) in [6, 6.07) is 7.81. The van der Waals surface area contributed by atoms with Crippen LogP contribution >= 0.6 is 0 Å². The molecule has 0 saturated carbocycles. The smallest absolute Gasteiger partial charge is 0.254 e. The third-order valence-corrected chi connectivity index (χ3v) is 3.68. The van der Waals surface area contributed by atoms with Gasteiger partial charge in [-0.1, -0.05) is 13.0 Å². The first-order chi connectivity index (χ1) is 9.28. The second kappa shape index (κ2) is 5.05. The third kappa shape index (κ3) is 2.36. The first-order valence-electron chi connectivity index (χ1n) is 6.76. The van der Waals surface area contributed by atoms with E-state index in [1.54, 1.807) is 0 Å². The van der Waals surface area contributed by atoms with Crippen LogP contribution in [0.15, 0.2) is 30.5 Å². The third-order valence-electron chi connectivity index (χ3n) is 3.68. The summed E-state index contributed by atoms with van der Waals surface area (Å²) in [5, 5.41) is 1.13. The van der Waals surface area contributed by atoms with Crippen molar-refractivity contribution in [2.24, 2.45) is 0 Å². The van der Waals surface area contributed by atoms with Crippen molar-refractivity contribution in [3.63, 3.8) is 0 Å². The predicted octanol–water partition coefficient (Wildman–Crippen LogP) is 2.42. The number of morpholine rings is 1. The summed E-state index contributed by atoms with van der Waals surface area (Å²) in [5.74, 6) is 0.0956. The van der Waals surface area contributed by atoms with Crippen LogP contribution in [0.2, 0.25) is 0 Å². The van der Waals surface area contributed by atoms with E-state index in [1.807, 2.05) is 35.4 Å². The largest absolute Gasteiger partial charge is 0.375 e. The van der Waals surface area contributed by atoms with Gasteiger partial charge in [0.15, 0.2) is 0 Å². The minimum absolute atomic E-state index is 0.0956. The van der Waals surface area contributed by atoms with Crippen molar-refractivity contribution in [3.05, 3.63) is 36.0 Å². The second-order valence-electron chi connectivity index (χ2n) is 4.93. The molecule has 0 aliphatic carbocycles. The maximum atomic E-state index is 12.5. The number of aromatic nitrogens is 1. The fourth-order valence-electron chi connectivity index (χ4n) is 2.51. The monoisotopic (exact) mass is 258 g/mol. The molecule has 1 aromatic carbocycles. The summed E-state index contributed by atoms with van der Waals surface area (Å²) >= 11 is 0. The SMILES string of the molecule is CCC1CN(C(=O)c2ccc3cc[nH]c3c2)CCO1. The minimum atomic E-state index is 0.0956. The highest BCUT2D eigenvalue weighted by atomic mass is 16.5. The highest BCUT2D eigenvalue weighted by Crippen LogP contribution is 2.17. The Morgan fingerprint density at radius 1 is 1.47 bits per heavy atom. The number of amides is 1. The van der Waals surface area contributed by atoms with Crippen LogP contribution in [0.1, 0.15) is 23.7 Å². The van der Waals surface area contributed by atoms with Gasteiger partial charge in [0.2, 0.25) is 0 Å². The Hall–Kier alpha value is -1.81. The number of benzene rings is 1. The molecule has 100 valence electrons. The van der Waals surface area contributed by atoms with E-state index in [9.17, 15) is 4.79 Å². The van der Waals surface area contributed by atoms with Crippen molar-refractivity contribution in [3.8, 4) is 0 Å². The lowest BCUT2D eigenvalue weighted by atomic mass is 10.1. The Balaban J connectivity index is 1.82. The van der Waals surface area contributed by atoms with E-state index in [1.165, 1.54) is 0 Å². The van der Waals surface area contributed by atoms with E-state index in [4.69, 9.17) is 4.74 Å². The molecular weight excluding hydrogens is 240 g/mol. The number of aromatic amines is 1. The minimum Gasteiger partial charge on any atom is -0.375 e. The van der Waals surface area contributed by atoms with Crippen LogP contribution in [0.4, 0.5) is 0 Å². The van der Waals surface area contributed by atoms with Gasteiger partial charge >= 0.3 is 0 Å². The molecule has 4 heteroatoms. The number of H-pyrrole nitrogens is 1. The first kappa shape index (κ1) is 12.2. The van der Waals surface area contributed by atoms with Gasteiger partial charge in [0.1, 0.15) is 0 Å². The van der Waals surface area contributed by atoms with Gasteiger partial charge in [0.25, 0.3) is 5.91 Å². The highest BCUT2D eigenvalue weighted by Gasteiger charge is 2.24. The molecule has 1 saturated heterocycles. The Labute approximate surface area is 112 Å². The molecule has 3 rings (SSSR count). The molecule has 1 unspecified atom stereocenters. The van der Waals surface area contributed by atoms with Crippen molar-refractivity contribution >= 4 is 16.8 Å². The Kier molecular flexibility index (Phi) is 3.25. The van der Waals surface area contributed by atoms with Gasteiger partial charge in [0.05, 0.1) is 12.7 Å². The van der Waals surface area contributed by atoms with Gasteiger partial charge in [-0.05, 0) is 30.0 Å². The van der Waals surface area contributed by atoms with Crippen molar-refractivity contribution in [1.82, 2.24) is 9.88 Å². The molecule has 1 aromatic heterocycles. The number of rotatable bonds is 2. The number of carbonyl (C=O) groups excluding carboxylic acids is 1. The van der Waals surface area contributed by atoms with Crippen LogP contribution in [0.3, 0.4) is 0 Å². The Morgan fingerprint density at radius 2 is 2.37 bits per heavy atom. The molecule has 0 spiro atoms. The molecule has 1 fully saturated rings. The zero-order chi connectivity index (χ0) is 13.2. The fraction of sp³-hybridized carbons (Fsp3) is 0.400. The summed E-state index contributed by atoms with van der Waals surface area (Å²) in [6.07, 6.45) is 3.01. The molecule has 1 aliphatic heterocycles. The van der Waals surface area contributed by atoms with E-state index in [2.05, 4.69) is 11.9 Å². The standard InChI is InChI=1S/C15H18N2O2/c1-2-13-10-17(7-8-19-13)15(18)12-4-3-11-5-6-16-14(11)9-12/h3-6,9,13,16H,2,7-8,10H2,1H3. The lowest BCUT2D eigenvalue weighted by molar-refractivity contribution is -0.0226. The normalized spacial score (nSPS) is 19.8. The van der Waals surface area contributed by atoms with Crippen LogP contribution in [0.25, 0.3) is 10.9 Å². The quantitative estimate of drug-likeness (QED) is 0.899. The topological polar surface area (TPSA) is 45.3 Å². The van der Waals surface area contributed by atoms with Gasteiger partial charge in [-0.15, -0.1) is 0 Å². The van der Waals surface area contributed by atoms with Crippen molar-refractivity contribution in [2.45, 2.75) is 19.4 Å². The summed E-state index contributed by atoms with van der Waals surface area (Å²) in [6.45, 7) is 4.09. The van der Waals surface area contributed by atoms with E-state index in [0.29, 0.717) is 19.7 Å². The maximum Gasteiger partial charge on any atom is 0.254 e. The van der Waals surface area contributed by atoms with Gasteiger partial charge in [-0.2, -0.15) is 0 Å². The number of nitrogens with zero attached hydrogens (tertiary/aromatic N) is 1. The summed E-state index contributed by atoms with van der Waals surface area (Å²) in [7, 11) is 0. The zero-order valence-corrected chi connectivity index (χ0v) is 11.1. The van der Waals surface area contributed by atoms with Crippen LogP contribution in [-0.2, 0) is 4.74 Å². The van der Waals surface area contributed by atoms with E-state index < -0.39 is 0 Å². The molecule has 19 heavy (non-hydrogen) atoms. The molecular formula is C15H18N2O2. The number of hydrogen-bond acceptors (Lipinski definition) is 2. The molecule has 0 bridgehead atoms. The van der Waals surface area contributed by atoms with Crippen LogP contribution in [0, 0.1) is 0 Å². The van der Waals surface area contributed by atoms with Crippen molar-refractivity contribution in [2.75, 3.05) is 19.7 Å². The van der Waals surface area contributed by atoms with E-state index in [-0.39, 0.29) is 12.0 Å². The molecule has 4 nitrogen and oxygen atoms in total. The van der Waals surface area contributed by atoms with Crippen molar-refractivity contribution < 1.29 is 9.53 Å². The molecule has 1 aliphatic rings. The lowest BCUT2D eigenvalue weighted by Gasteiger charge is -2.32. The summed E-state index contributed by atoms with van der Waals surface area (Å²) in [5.41, 5.74) is 1.75. The first-order valence-corrected chi connectivity index (χ1v) is 6.76. The number of hydrogen-bond donors (Lipinski definition) is 1. The van der Waals surface area contributed by atoms with Crippen LogP contribution < -0.4 is 0 Å². The predicted molar refractivity (Wildman–Crippen MR) is 74.2 cm³/mol. The molecule has 0 radical (unpaired) electrons.